The molecular weight excluding hydrogens is 406 g/mol. The first-order chi connectivity index (χ1) is 14.6. The lowest BCUT2D eigenvalue weighted by atomic mass is 9.44. The van der Waals surface area contributed by atoms with Crippen molar-refractivity contribution < 1.29 is 8.42 Å². The van der Waals surface area contributed by atoms with Crippen molar-refractivity contribution >= 4 is 10.0 Å². The monoisotopic (exact) mass is 453 g/mol. The third kappa shape index (κ3) is 4.48. The van der Waals surface area contributed by atoms with Crippen LogP contribution in [0.3, 0.4) is 0 Å². The van der Waals surface area contributed by atoms with E-state index in [1.54, 1.807) is 0 Å². The summed E-state index contributed by atoms with van der Waals surface area (Å²) in [6.45, 7) is 9.76. The van der Waals surface area contributed by atoms with Crippen LogP contribution in [0.4, 0.5) is 0 Å². The second-order valence-corrected chi connectivity index (χ2v) is 14.0. The van der Waals surface area contributed by atoms with Gasteiger partial charge in [-0.3, -0.25) is 0 Å². The molecule has 180 valence electrons. The molecule has 4 aliphatic carbocycles. The van der Waals surface area contributed by atoms with E-state index in [1.807, 2.05) is 0 Å². The molecule has 0 saturated heterocycles. The molecule has 5 nitrogen and oxygen atoms in total. The molecular formula is C25H47N3O2S. The summed E-state index contributed by atoms with van der Waals surface area (Å²) in [6.07, 6.45) is 13.5. The molecule has 4 rings (SSSR count). The molecule has 6 heteroatoms. The van der Waals surface area contributed by atoms with Crippen LogP contribution >= 0.6 is 0 Å². The zero-order valence-electron chi connectivity index (χ0n) is 20.3. The minimum atomic E-state index is -3.11. The molecule has 31 heavy (non-hydrogen) atoms. The molecule has 0 aliphatic heterocycles. The third-order valence-corrected chi connectivity index (χ3v) is 11.4. The highest BCUT2D eigenvalue weighted by Crippen LogP contribution is 2.68. The Morgan fingerprint density at radius 3 is 2.42 bits per heavy atom. The first kappa shape index (κ1) is 24.0. The predicted octanol–water partition coefficient (Wildman–Crippen LogP) is 3.75. The summed E-state index contributed by atoms with van der Waals surface area (Å²) in [5.41, 5.74) is 6.64. The van der Waals surface area contributed by atoms with Crippen LogP contribution in [-0.4, -0.2) is 40.3 Å². The molecule has 4 N–H and O–H groups in total. The Kier molecular flexibility index (Phi) is 6.87. The van der Waals surface area contributed by atoms with Gasteiger partial charge in [0.25, 0.3) is 0 Å². The normalized spacial score (nSPS) is 46.1. The van der Waals surface area contributed by atoms with Gasteiger partial charge in [-0.05, 0) is 104 Å². The van der Waals surface area contributed by atoms with E-state index in [9.17, 15) is 8.42 Å². The van der Waals surface area contributed by atoms with Crippen LogP contribution in [0, 0.1) is 46.3 Å². The van der Waals surface area contributed by atoms with Gasteiger partial charge in [0.05, 0.1) is 6.26 Å². The molecule has 4 saturated carbocycles. The molecule has 0 aromatic rings. The minimum Gasteiger partial charge on any atom is -0.329 e. The predicted molar refractivity (Wildman–Crippen MR) is 128 cm³/mol. The quantitative estimate of drug-likeness (QED) is 0.548. The van der Waals surface area contributed by atoms with E-state index < -0.39 is 10.0 Å². The maximum absolute atomic E-state index is 11.6. The van der Waals surface area contributed by atoms with Crippen molar-refractivity contribution in [2.24, 2.45) is 52.1 Å². The Hall–Kier alpha value is -0.170. The number of nitrogens with two attached hydrogens (primary N) is 1. The van der Waals surface area contributed by atoms with Crippen LogP contribution in [0.5, 0.6) is 0 Å². The number of rotatable bonds is 7. The van der Waals surface area contributed by atoms with Crippen LogP contribution in [0.25, 0.3) is 0 Å². The maximum Gasteiger partial charge on any atom is 0.208 e. The van der Waals surface area contributed by atoms with Crippen LogP contribution in [0.15, 0.2) is 0 Å². The summed E-state index contributed by atoms with van der Waals surface area (Å²) < 4.78 is 26.0. The summed E-state index contributed by atoms with van der Waals surface area (Å²) in [5, 5.41) is 3.70. The third-order valence-electron chi connectivity index (χ3n) is 10.7. The lowest BCUT2D eigenvalue weighted by Crippen LogP contribution is -2.55. The highest BCUT2D eigenvalue weighted by Gasteiger charge is 2.60. The summed E-state index contributed by atoms with van der Waals surface area (Å²) in [7, 11) is -3.11. The fraction of sp³-hybridized carbons (Fsp3) is 1.00. The fourth-order valence-corrected chi connectivity index (χ4v) is 9.70. The van der Waals surface area contributed by atoms with E-state index in [2.05, 4.69) is 30.8 Å². The van der Waals surface area contributed by atoms with Gasteiger partial charge < -0.3 is 11.1 Å². The summed E-state index contributed by atoms with van der Waals surface area (Å²) in [5.74, 6) is 4.54. The van der Waals surface area contributed by atoms with Crippen LogP contribution in [-0.2, 0) is 10.0 Å². The van der Waals surface area contributed by atoms with Crippen molar-refractivity contribution in [3.8, 4) is 0 Å². The van der Waals surface area contributed by atoms with Gasteiger partial charge in [0.2, 0.25) is 10.0 Å². The smallest absolute Gasteiger partial charge is 0.208 e. The molecule has 4 aliphatic rings. The molecule has 3 unspecified atom stereocenters. The SMILES string of the molecule is C[C@H](CNS(C)(=O)=O)[C@H]1CCC2C3CC[C@H]4C[C@H](NCCN)CC[C@]4(C)C3CC[C@@]21C. The molecule has 4 fully saturated rings. The first-order valence-electron chi connectivity index (χ1n) is 13.0. The highest BCUT2D eigenvalue weighted by molar-refractivity contribution is 7.88. The molecule has 0 amide bonds. The van der Waals surface area contributed by atoms with E-state index in [1.165, 1.54) is 64.0 Å². The molecule has 0 heterocycles. The average Bonchev–Trinajstić information content (AvgIpc) is 3.07. The van der Waals surface area contributed by atoms with E-state index in [0.29, 0.717) is 35.3 Å². The van der Waals surface area contributed by atoms with E-state index >= 15 is 0 Å². The Balaban J connectivity index is 1.45. The number of nitrogens with one attached hydrogen (secondary N) is 2. The maximum atomic E-state index is 11.6. The molecule has 0 bridgehead atoms. The minimum absolute atomic E-state index is 0.392. The number of hydrogen-bond donors (Lipinski definition) is 3. The molecule has 9 atom stereocenters. The van der Waals surface area contributed by atoms with Crippen molar-refractivity contribution in [2.75, 3.05) is 25.9 Å². The fourth-order valence-electron chi connectivity index (χ4n) is 9.13. The van der Waals surface area contributed by atoms with Gasteiger partial charge in [-0.25, -0.2) is 13.1 Å². The molecule has 0 aromatic heterocycles. The zero-order chi connectivity index (χ0) is 22.4. The number of fused-ring (bicyclic) bond motifs is 5. The van der Waals surface area contributed by atoms with Crippen molar-refractivity contribution in [1.82, 2.24) is 10.0 Å². The molecule has 0 aromatic carbocycles. The van der Waals surface area contributed by atoms with E-state index in [4.69, 9.17) is 5.73 Å². The number of sulfonamides is 1. The van der Waals surface area contributed by atoms with Crippen LogP contribution < -0.4 is 15.8 Å². The van der Waals surface area contributed by atoms with Gasteiger partial charge in [-0.1, -0.05) is 20.8 Å². The second kappa shape index (κ2) is 8.88. The van der Waals surface area contributed by atoms with Gasteiger partial charge in [0, 0.05) is 25.7 Å². The summed E-state index contributed by atoms with van der Waals surface area (Å²) in [6, 6.07) is 0.672. The summed E-state index contributed by atoms with van der Waals surface area (Å²) in [4.78, 5) is 0. The van der Waals surface area contributed by atoms with Gasteiger partial charge in [-0.15, -0.1) is 0 Å². The Morgan fingerprint density at radius 1 is 1.00 bits per heavy atom. The van der Waals surface area contributed by atoms with Gasteiger partial charge in [-0.2, -0.15) is 0 Å². The Morgan fingerprint density at radius 2 is 1.71 bits per heavy atom. The number of hydrogen-bond acceptors (Lipinski definition) is 4. The zero-order valence-corrected chi connectivity index (χ0v) is 21.1. The van der Waals surface area contributed by atoms with Crippen molar-refractivity contribution in [3.05, 3.63) is 0 Å². The highest BCUT2D eigenvalue weighted by atomic mass is 32.2. The van der Waals surface area contributed by atoms with Gasteiger partial charge in [0.1, 0.15) is 0 Å². The van der Waals surface area contributed by atoms with Crippen LogP contribution in [0.2, 0.25) is 0 Å². The lowest BCUT2D eigenvalue weighted by molar-refractivity contribution is -0.117. The second-order valence-electron chi connectivity index (χ2n) is 12.2. The summed E-state index contributed by atoms with van der Waals surface area (Å²) >= 11 is 0. The van der Waals surface area contributed by atoms with Crippen LogP contribution in [0.1, 0.15) is 78.6 Å². The standard InChI is InChI=1S/C25H47N3O2S/c1-17(16-28-31(4,29)30)21-7-8-22-20-6-5-18-15-19(27-14-13-26)9-11-24(18,2)23(20)10-12-25(21,22)3/h17-23,27-28H,5-16,26H2,1-4H3/t17-,18+,19-,20?,21-,22?,23?,24+,25-/m1/s1. The largest absolute Gasteiger partial charge is 0.329 e. The van der Waals surface area contributed by atoms with Gasteiger partial charge in [0.15, 0.2) is 0 Å². The molecule has 0 spiro atoms. The lowest BCUT2D eigenvalue weighted by Gasteiger charge is -2.61. The Bertz CT molecular complexity index is 743. The average molecular weight is 454 g/mol. The van der Waals surface area contributed by atoms with Crippen molar-refractivity contribution in [3.63, 3.8) is 0 Å². The molecule has 0 radical (unpaired) electrons. The van der Waals surface area contributed by atoms with E-state index in [0.717, 1.165) is 36.8 Å². The van der Waals surface area contributed by atoms with Crippen molar-refractivity contribution in [2.45, 2.75) is 84.6 Å². The van der Waals surface area contributed by atoms with Gasteiger partial charge >= 0.3 is 0 Å². The Labute approximate surface area is 191 Å². The topological polar surface area (TPSA) is 84.2 Å². The first-order valence-corrected chi connectivity index (χ1v) is 14.9. The van der Waals surface area contributed by atoms with Crippen molar-refractivity contribution in [1.29, 1.82) is 0 Å². The van der Waals surface area contributed by atoms with E-state index in [-0.39, 0.29) is 0 Å².